The Morgan fingerprint density at radius 1 is 1.44 bits per heavy atom. The second-order valence-corrected chi connectivity index (χ2v) is 5.08. The van der Waals surface area contributed by atoms with Gasteiger partial charge in [0.1, 0.15) is 5.76 Å². The zero-order chi connectivity index (χ0) is 13.7. The van der Waals surface area contributed by atoms with Crippen LogP contribution in [0.1, 0.15) is 37.3 Å². The monoisotopic (exact) mass is 253 g/mol. The van der Waals surface area contributed by atoms with Gasteiger partial charge in [0.05, 0.1) is 11.6 Å². The van der Waals surface area contributed by atoms with Crippen LogP contribution in [0.2, 0.25) is 0 Å². The summed E-state index contributed by atoms with van der Waals surface area (Å²) < 4.78 is 5.05. The van der Waals surface area contributed by atoms with E-state index in [-0.39, 0.29) is 11.8 Å². The third-order valence-electron chi connectivity index (χ3n) is 3.03. The summed E-state index contributed by atoms with van der Waals surface area (Å²) in [4.78, 5) is 12.0. The fourth-order valence-corrected chi connectivity index (χ4v) is 1.95. The molecule has 1 rings (SSSR count). The first-order chi connectivity index (χ1) is 8.45. The van der Waals surface area contributed by atoms with Crippen molar-refractivity contribution >= 4 is 5.91 Å². The molecule has 0 spiro atoms. The standard InChI is InChI=1S/C13H23N3O2/c1-8(2)5-11(6-14)13(17)15-7-12-9(3)16-18-10(12)4/h8,11H,5-7,14H2,1-4H3,(H,15,17). The highest BCUT2D eigenvalue weighted by Gasteiger charge is 2.19. The molecule has 1 atom stereocenters. The smallest absolute Gasteiger partial charge is 0.224 e. The lowest BCUT2D eigenvalue weighted by atomic mass is 9.96. The van der Waals surface area contributed by atoms with E-state index in [0.29, 0.717) is 19.0 Å². The van der Waals surface area contributed by atoms with Crippen molar-refractivity contribution < 1.29 is 9.32 Å². The van der Waals surface area contributed by atoms with Gasteiger partial charge < -0.3 is 15.6 Å². The molecule has 1 aromatic rings. The van der Waals surface area contributed by atoms with Gasteiger partial charge in [-0.2, -0.15) is 0 Å². The molecule has 0 aromatic carbocycles. The molecule has 1 aromatic heterocycles. The van der Waals surface area contributed by atoms with Crippen LogP contribution in [-0.4, -0.2) is 17.6 Å². The lowest BCUT2D eigenvalue weighted by Crippen LogP contribution is -2.35. The number of carbonyl (C=O) groups excluding carboxylic acids is 1. The molecule has 1 unspecified atom stereocenters. The predicted octanol–water partition coefficient (Wildman–Crippen LogP) is 1.53. The number of nitrogens with zero attached hydrogens (tertiary/aromatic N) is 1. The summed E-state index contributed by atoms with van der Waals surface area (Å²) in [5.74, 6) is 1.10. The molecule has 0 fully saturated rings. The third-order valence-corrected chi connectivity index (χ3v) is 3.03. The van der Waals surface area contributed by atoms with Gasteiger partial charge in [-0.05, 0) is 26.2 Å². The van der Waals surface area contributed by atoms with E-state index in [0.717, 1.165) is 23.4 Å². The van der Waals surface area contributed by atoms with E-state index >= 15 is 0 Å². The fourth-order valence-electron chi connectivity index (χ4n) is 1.95. The molecular weight excluding hydrogens is 230 g/mol. The maximum atomic E-state index is 12.0. The number of aryl methyl sites for hydroxylation is 2. The van der Waals surface area contributed by atoms with Gasteiger partial charge in [0.15, 0.2) is 0 Å². The molecular formula is C13H23N3O2. The van der Waals surface area contributed by atoms with Gasteiger partial charge >= 0.3 is 0 Å². The van der Waals surface area contributed by atoms with Crippen molar-refractivity contribution in [3.05, 3.63) is 17.0 Å². The van der Waals surface area contributed by atoms with Crippen LogP contribution in [-0.2, 0) is 11.3 Å². The predicted molar refractivity (Wildman–Crippen MR) is 69.8 cm³/mol. The van der Waals surface area contributed by atoms with Crippen LogP contribution in [0.4, 0.5) is 0 Å². The van der Waals surface area contributed by atoms with Crippen LogP contribution in [0.5, 0.6) is 0 Å². The summed E-state index contributed by atoms with van der Waals surface area (Å²) >= 11 is 0. The Morgan fingerprint density at radius 2 is 2.11 bits per heavy atom. The molecule has 0 saturated carbocycles. The molecule has 5 heteroatoms. The van der Waals surface area contributed by atoms with E-state index in [4.69, 9.17) is 10.3 Å². The Kier molecular flexibility index (Phi) is 5.34. The Balaban J connectivity index is 2.54. The van der Waals surface area contributed by atoms with Gasteiger partial charge in [0.2, 0.25) is 5.91 Å². The zero-order valence-corrected chi connectivity index (χ0v) is 11.6. The summed E-state index contributed by atoms with van der Waals surface area (Å²) in [6.45, 7) is 8.72. The van der Waals surface area contributed by atoms with Crippen LogP contribution in [0.25, 0.3) is 0 Å². The average Bonchev–Trinajstić information content (AvgIpc) is 2.63. The summed E-state index contributed by atoms with van der Waals surface area (Å²) in [5, 5.41) is 6.76. The maximum Gasteiger partial charge on any atom is 0.224 e. The first-order valence-electron chi connectivity index (χ1n) is 6.35. The van der Waals surface area contributed by atoms with Gasteiger partial charge in [0.25, 0.3) is 0 Å². The van der Waals surface area contributed by atoms with E-state index in [1.807, 2.05) is 13.8 Å². The molecule has 0 aliphatic carbocycles. The zero-order valence-electron chi connectivity index (χ0n) is 11.6. The molecule has 1 heterocycles. The number of aromatic nitrogens is 1. The Labute approximate surface area is 108 Å². The quantitative estimate of drug-likeness (QED) is 0.805. The first-order valence-corrected chi connectivity index (χ1v) is 6.35. The molecule has 0 bridgehead atoms. The van der Waals surface area contributed by atoms with E-state index in [9.17, 15) is 4.79 Å². The number of rotatable bonds is 6. The van der Waals surface area contributed by atoms with Crippen LogP contribution in [0.15, 0.2) is 4.52 Å². The molecule has 0 aliphatic heterocycles. The van der Waals surface area contributed by atoms with E-state index in [2.05, 4.69) is 24.3 Å². The first kappa shape index (κ1) is 14.7. The lowest BCUT2D eigenvalue weighted by molar-refractivity contribution is -0.125. The van der Waals surface area contributed by atoms with E-state index in [1.54, 1.807) is 0 Å². The highest BCUT2D eigenvalue weighted by atomic mass is 16.5. The van der Waals surface area contributed by atoms with Crippen molar-refractivity contribution in [2.75, 3.05) is 6.54 Å². The number of hydrogen-bond donors (Lipinski definition) is 2. The molecule has 0 saturated heterocycles. The summed E-state index contributed by atoms with van der Waals surface area (Å²) in [5.41, 5.74) is 7.41. The van der Waals surface area contributed by atoms with Gasteiger partial charge in [-0.25, -0.2) is 0 Å². The topological polar surface area (TPSA) is 81.2 Å². The van der Waals surface area contributed by atoms with Crippen LogP contribution in [0, 0.1) is 25.7 Å². The molecule has 102 valence electrons. The van der Waals surface area contributed by atoms with Gasteiger partial charge in [-0.15, -0.1) is 0 Å². The summed E-state index contributed by atoms with van der Waals surface area (Å²) in [6.07, 6.45) is 0.809. The Bertz CT molecular complexity index is 379. The van der Waals surface area contributed by atoms with Gasteiger partial charge in [0, 0.05) is 18.7 Å². The average molecular weight is 253 g/mol. The summed E-state index contributed by atoms with van der Waals surface area (Å²) in [6, 6.07) is 0. The molecule has 1 amide bonds. The number of nitrogens with two attached hydrogens (primary N) is 1. The Morgan fingerprint density at radius 3 is 2.56 bits per heavy atom. The minimum atomic E-state index is -0.120. The van der Waals surface area contributed by atoms with Crippen molar-refractivity contribution in [3.63, 3.8) is 0 Å². The number of carbonyl (C=O) groups is 1. The van der Waals surface area contributed by atoms with Crippen molar-refractivity contribution in [2.24, 2.45) is 17.6 Å². The molecule has 5 nitrogen and oxygen atoms in total. The van der Waals surface area contributed by atoms with Gasteiger partial charge in [-0.1, -0.05) is 19.0 Å². The summed E-state index contributed by atoms with van der Waals surface area (Å²) in [7, 11) is 0. The number of amides is 1. The largest absolute Gasteiger partial charge is 0.361 e. The van der Waals surface area contributed by atoms with Crippen LogP contribution >= 0.6 is 0 Å². The Hall–Kier alpha value is -1.36. The fraction of sp³-hybridized carbons (Fsp3) is 0.692. The maximum absolute atomic E-state index is 12.0. The number of nitrogens with one attached hydrogen (secondary N) is 1. The molecule has 3 N–H and O–H groups in total. The second kappa shape index (κ2) is 6.54. The minimum absolute atomic E-state index is 0.00574. The van der Waals surface area contributed by atoms with Gasteiger partial charge in [-0.3, -0.25) is 4.79 Å². The van der Waals surface area contributed by atoms with Crippen molar-refractivity contribution in [1.29, 1.82) is 0 Å². The van der Waals surface area contributed by atoms with E-state index < -0.39 is 0 Å². The third kappa shape index (κ3) is 3.84. The van der Waals surface area contributed by atoms with Crippen molar-refractivity contribution in [2.45, 2.75) is 40.7 Å². The minimum Gasteiger partial charge on any atom is -0.361 e. The van der Waals surface area contributed by atoms with Crippen molar-refractivity contribution in [3.8, 4) is 0 Å². The van der Waals surface area contributed by atoms with Crippen LogP contribution in [0.3, 0.4) is 0 Å². The van der Waals surface area contributed by atoms with Crippen molar-refractivity contribution in [1.82, 2.24) is 10.5 Å². The molecule has 18 heavy (non-hydrogen) atoms. The second-order valence-electron chi connectivity index (χ2n) is 5.08. The highest BCUT2D eigenvalue weighted by Crippen LogP contribution is 2.13. The normalized spacial score (nSPS) is 12.8. The van der Waals surface area contributed by atoms with Crippen LogP contribution < -0.4 is 11.1 Å². The van der Waals surface area contributed by atoms with E-state index in [1.165, 1.54) is 0 Å². The SMILES string of the molecule is Cc1noc(C)c1CNC(=O)C(CN)CC(C)C. The molecule has 0 aliphatic rings. The number of hydrogen-bond acceptors (Lipinski definition) is 4. The molecule has 0 radical (unpaired) electrons. The lowest BCUT2D eigenvalue weighted by Gasteiger charge is -2.16. The highest BCUT2D eigenvalue weighted by molar-refractivity contribution is 5.78.